The van der Waals surface area contributed by atoms with E-state index in [1.807, 2.05) is 48.2 Å². The molecule has 1 saturated heterocycles. The summed E-state index contributed by atoms with van der Waals surface area (Å²) in [7, 11) is 0. The van der Waals surface area contributed by atoms with Gasteiger partial charge in [0.25, 0.3) is 5.91 Å². The van der Waals surface area contributed by atoms with Crippen LogP contribution in [0, 0.1) is 0 Å². The Morgan fingerprint density at radius 1 is 1.09 bits per heavy atom. The van der Waals surface area contributed by atoms with Crippen molar-refractivity contribution in [2.75, 3.05) is 19.6 Å². The number of carbonyl (C=O) groups excluding carboxylic acids is 1. The van der Waals surface area contributed by atoms with Crippen LogP contribution in [0.3, 0.4) is 0 Å². The molecule has 33 heavy (non-hydrogen) atoms. The number of aryl methyl sites for hydroxylation is 1. The van der Waals surface area contributed by atoms with Crippen molar-refractivity contribution in [2.24, 2.45) is 0 Å². The maximum atomic E-state index is 12.8. The second-order valence-corrected chi connectivity index (χ2v) is 8.78. The molecule has 174 valence electrons. The molecule has 6 heteroatoms. The topological polar surface area (TPSA) is 74.0 Å². The number of aromatic hydroxyl groups is 1. The van der Waals surface area contributed by atoms with Gasteiger partial charge in [-0.05, 0) is 61.6 Å². The molecule has 1 N–H and O–H groups in total. The van der Waals surface area contributed by atoms with Crippen LogP contribution >= 0.6 is 0 Å². The Bertz CT molecular complexity index is 1160. The number of piperidine rings is 1. The summed E-state index contributed by atoms with van der Waals surface area (Å²) in [6.45, 7) is 7.16. The van der Waals surface area contributed by atoms with Gasteiger partial charge in [0.05, 0.1) is 0 Å². The van der Waals surface area contributed by atoms with Gasteiger partial charge in [0, 0.05) is 48.8 Å². The molecule has 1 aromatic heterocycles. The van der Waals surface area contributed by atoms with Gasteiger partial charge < -0.3 is 14.4 Å². The molecular formula is C27H32N2O4. The largest absolute Gasteiger partial charge is 0.508 e. The number of fused-ring (bicyclic) bond motifs is 1. The molecule has 0 spiro atoms. The Kier molecular flexibility index (Phi) is 7.14. The zero-order chi connectivity index (χ0) is 23.4. The van der Waals surface area contributed by atoms with E-state index in [4.69, 9.17) is 4.42 Å². The Hall–Kier alpha value is -3.12. The van der Waals surface area contributed by atoms with E-state index in [1.165, 1.54) is 0 Å². The number of hydrogen-bond acceptors (Lipinski definition) is 5. The van der Waals surface area contributed by atoms with E-state index in [-0.39, 0.29) is 11.7 Å². The Balaban J connectivity index is 1.53. The molecule has 0 atom stereocenters. The van der Waals surface area contributed by atoms with Crippen molar-refractivity contribution in [3.63, 3.8) is 0 Å². The predicted octanol–water partition coefficient (Wildman–Crippen LogP) is 4.58. The monoisotopic (exact) mass is 448 g/mol. The van der Waals surface area contributed by atoms with E-state index in [9.17, 15) is 14.7 Å². The number of phenols is 1. The zero-order valence-corrected chi connectivity index (χ0v) is 19.4. The van der Waals surface area contributed by atoms with Gasteiger partial charge >= 0.3 is 5.63 Å². The van der Waals surface area contributed by atoms with E-state index in [1.54, 1.807) is 12.1 Å². The standard InChI is InChI=1S/C27H32N2O4/c1-3-12-29(22-10-13-28(14-11-22)27(32)20-8-6-5-7-9-20)18-21-16-26(31)33-25-17-24(30)19(4-2)15-23(21)25/h5-9,15-17,22,30H,3-4,10-14,18H2,1-2H3. The number of rotatable bonds is 7. The van der Waals surface area contributed by atoms with Crippen LogP contribution in [0.5, 0.6) is 5.75 Å². The molecule has 4 rings (SSSR count). The Morgan fingerprint density at radius 2 is 1.82 bits per heavy atom. The molecule has 0 radical (unpaired) electrons. The van der Waals surface area contributed by atoms with Crippen LogP contribution in [0.15, 0.2) is 57.7 Å². The summed E-state index contributed by atoms with van der Waals surface area (Å²) in [6, 6.07) is 14.9. The third-order valence-corrected chi connectivity index (χ3v) is 6.58. The minimum absolute atomic E-state index is 0.0923. The predicted molar refractivity (Wildman–Crippen MR) is 130 cm³/mol. The minimum Gasteiger partial charge on any atom is -0.508 e. The highest BCUT2D eigenvalue weighted by atomic mass is 16.4. The number of nitrogens with zero attached hydrogens (tertiary/aromatic N) is 2. The molecule has 0 saturated carbocycles. The van der Waals surface area contributed by atoms with Crippen LogP contribution in [-0.2, 0) is 13.0 Å². The maximum absolute atomic E-state index is 12.8. The van der Waals surface area contributed by atoms with E-state index < -0.39 is 5.63 Å². The Morgan fingerprint density at radius 3 is 2.48 bits per heavy atom. The van der Waals surface area contributed by atoms with Crippen molar-refractivity contribution in [3.05, 3.63) is 75.6 Å². The van der Waals surface area contributed by atoms with Gasteiger partial charge in [-0.3, -0.25) is 9.69 Å². The second kappa shape index (κ2) is 10.2. The lowest BCUT2D eigenvalue weighted by molar-refractivity contribution is 0.0607. The number of hydrogen-bond donors (Lipinski definition) is 1. The molecule has 3 aromatic rings. The molecule has 1 aliphatic heterocycles. The lowest BCUT2D eigenvalue weighted by atomic mass is 9.99. The van der Waals surface area contributed by atoms with Crippen molar-refractivity contribution in [3.8, 4) is 5.75 Å². The van der Waals surface area contributed by atoms with Gasteiger partial charge in [0.1, 0.15) is 11.3 Å². The molecule has 0 unspecified atom stereocenters. The van der Waals surface area contributed by atoms with Crippen LogP contribution < -0.4 is 5.63 Å². The summed E-state index contributed by atoms with van der Waals surface area (Å²) in [4.78, 5) is 29.4. The first-order valence-electron chi connectivity index (χ1n) is 11.9. The van der Waals surface area contributed by atoms with E-state index in [0.29, 0.717) is 24.6 Å². The lowest BCUT2D eigenvalue weighted by Gasteiger charge is -2.38. The normalized spacial score (nSPS) is 14.8. The summed E-state index contributed by atoms with van der Waals surface area (Å²) in [5, 5.41) is 11.1. The van der Waals surface area contributed by atoms with Crippen molar-refractivity contribution in [2.45, 2.75) is 52.1 Å². The number of amides is 1. The van der Waals surface area contributed by atoms with Gasteiger partial charge in [0.15, 0.2) is 0 Å². The molecule has 1 aliphatic rings. The van der Waals surface area contributed by atoms with Gasteiger partial charge in [-0.1, -0.05) is 32.0 Å². The minimum atomic E-state index is -0.402. The first kappa shape index (κ1) is 23.1. The van der Waals surface area contributed by atoms with Crippen LogP contribution in [0.2, 0.25) is 0 Å². The van der Waals surface area contributed by atoms with Crippen LogP contribution in [0.1, 0.15) is 54.6 Å². The summed E-state index contributed by atoms with van der Waals surface area (Å²) < 4.78 is 5.37. The fraction of sp³-hybridized carbons (Fsp3) is 0.407. The molecule has 0 bridgehead atoms. The van der Waals surface area contributed by atoms with Gasteiger partial charge in [-0.2, -0.15) is 0 Å². The van der Waals surface area contributed by atoms with Crippen LogP contribution in [-0.4, -0.2) is 46.5 Å². The highest BCUT2D eigenvalue weighted by Crippen LogP contribution is 2.29. The molecule has 0 aliphatic carbocycles. The highest BCUT2D eigenvalue weighted by Gasteiger charge is 2.27. The highest BCUT2D eigenvalue weighted by molar-refractivity contribution is 5.94. The number of phenolic OH excluding ortho intramolecular Hbond substituents is 1. The molecule has 6 nitrogen and oxygen atoms in total. The van der Waals surface area contributed by atoms with Gasteiger partial charge in [-0.15, -0.1) is 0 Å². The van der Waals surface area contributed by atoms with E-state index >= 15 is 0 Å². The maximum Gasteiger partial charge on any atom is 0.336 e. The summed E-state index contributed by atoms with van der Waals surface area (Å²) in [5.41, 5.74) is 2.52. The fourth-order valence-electron chi connectivity index (χ4n) is 4.82. The third-order valence-electron chi connectivity index (χ3n) is 6.58. The smallest absolute Gasteiger partial charge is 0.336 e. The van der Waals surface area contributed by atoms with Crippen molar-refractivity contribution < 1.29 is 14.3 Å². The van der Waals surface area contributed by atoms with Crippen molar-refractivity contribution in [1.29, 1.82) is 0 Å². The number of carbonyl (C=O) groups is 1. The summed E-state index contributed by atoms with van der Waals surface area (Å²) >= 11 is 0. The van der Waals surface area contributed by atoms with Crippen LogP contribution in [0.25, 0.3) is 11.0 Å². The fourth-order valence-corrected chi connectivity index (χ4v) is 4.82. The lowest BCUT2D eigenvalue weighted by Crippen LogP contribution is -2.46. The third kappa shape index (κ3) is 5.11. The average Bonchev–Trinajstić information content (AvgIpc) is 2.83. The number of likely N-dealkylation sites (tertiary alicyclic amines) is 1. The number of benzene rings is 2. The molecule has 1 amide bonds. The van der Waals surface area contributed by atoms with E-state index in [2.05, 4.69) is 11.8 Å². The van der Waals surface area contributed by atoms with Crippen molar-refractivity contribution in [1.82, 2.24) is 9.80 Å². The first-order valence-corrected chi connectivity index (χ1v) is 11.9. The first-order chi connectivity index (χ1) is 16.0. The quantitative estimate of drug-likeness (QED) is 0.536. The summed E-state index contributed by atoms with van der Waals surface area (Å²) in [5.74, 6) is 0.251. The van der Waals surface area contributed by atoms with Gasteiger partial charge in [0.2, 0.25) is 0 Å². The zero-order valence-electron chi connectivity index (χ0n) is 19.4. The summed E-state index contributed by atoms with van der Waals surface area (Å²) in [6.07, 6.45) is 3.51. The van der Waals surface area contributed by atoms with Crippen LogP contribution in [0.4, 0.5) is 0 Å². The molecule has 2 aromatic carbocycles. The molecule has 1 fully saturated rings. The van der Waals surface area contributed by atoms with Gasteiger partial charge in [-0.25, -0.2) is 4.79 Å². The molecular weight excluding hydrogens is 416 g/mol. The SMILES string of the molecule is CCCN(Cc1cc(=O)oc2cc(O)c(CC)cc12)C1CCN(C(=O)c2ccccc2)CC1. The van der Waals surface area contributed by atoms with Crippen molar-refractivity contribution >= 4 is 16.9 Å². The second-order valence-electron chi connectivity index (χ2n) is 8.78. The Labute approximate surface area is 194 Å². The molecule has 2 heterocycles. The van der Waals surface area contributed by atoms with E-state index in [0.717, 1.165) is 61.0 Å². The average molecular weight is 449 g/mol.